The number of nitrogens with zero attached hydrogens (tertiary/aromatic N) is 7. The number of guanidine groups is 2. The number of nitrogens with one attached hydrogen (secondary N) is 9. The summed E-state index contributed by atoms with van der Waals surface area (Å²) in [7, 11) is 0. The lowest BCUT2D eigenvalue weighted by Crippen LogP contribution is -2.69. The van der Waals surface area contributed by atoms with E-state index in [0.29, 0.717) is 5.56 Å². The van der Waals surface area contributed by atoms with Gasteiger partial charge in [-0.3, -0.25) is 49.4 Å². The number of amides is 6. The number of aliphatic imine (C=N–C) groups is 1. The number of carbonyl (C=O) groups is 6. The van der Waals surface area contributed by atoms with Gasteiger partial charge in [-0.15, -0.1) is 0 Å². The highest BCUT2D eigenvalue weighted by Gasteiger charge is 2.56. The van der Waals surface area contributed by atoms with Crippen molar-refractivity contribution in [3.63, 3.8) is 0 Å². The molecule has 0 saturated carbocycles. The number of hydrogen-bond donors (Lipinski definition) is 23. The predicted molar refractivity (Wildman–Crippen MR) is 345 cm³/mol. The Balaban J connectivity index is 0.996. The summed E-state index contributed by atoms with van der Waals surface area (Å²) in [5.74, 6) is -9.52. The highest BCUT2D eigenvalue weighted by molar-refractivity contribution is 6.00. The van der Waals surface area contributed by atoms with Crippen LogP contribution in [-0.4, -0.2) is 336 Å². The van der Waals surface area contributed by atoms with Gasteiger partial charge in [0.25, 0.3) is 0 Å². The van der Waals surface area contributed by atoms with Crippen LogP contribution in [0.3, 0.4) is 0 Å². The SMILES string of the molecule is CC(c1ccccc1)[C@@H]1NC(=O)CNC(=O)[C@H](CO)NC(=O)[C@@H](C(O)C2CN(c3ncccn3)C(=N)N2[C@H]2O[C@H](CO)[C@@H](O)[C@H](O)[C@@H]2O)NC(=O)[C@H](C(O)C2CN=C(Nc3ncccn3)N2)NC(=O)[C@@H](Cc2ccc(O[C@H]3O[C@H](CO)[C@@H](O[C@H]4O[C@H](CO)[C@@H](O)[C@H](O)[C@@H]4O)[C@H](O)[C@@H]3O)cc2)NC1=O. The number of anilines is 2. The molecule has 10 rings (SSSR count). The van der Waals surface area contributed by atoms with Crippen molar-refractivity contribution < 1.29 is 124 Å². The monoisotopic (exact) mass is 1450 g/mol. The summed E-state index contributed by atoms with van der Waals surface area (Å²) in [5, 5.41) is 183. The lowest BCUT2D eigenvalue weighted by atomic mass is 9.92. The Morgan fingerprint density at radius 3 is 1.81 bits per heavy atom. The van der Waals surface area contributed by atoms with E-state index in [1.807, 2.05) is 0 Å². The van der Waals surface area contributed by atoms with Crippen LogP contribution in [0.5, 0.6) is 5.75 Å². The highest BCUT2D eigenvalue weighted by atomic mass is 16.7. The summed E-state index contributed by atoms with van der Waals surface area (Å²) in [6.45, 7) is -4.28. The Bertz CT molecular complexity index is 3590. The fourth-order valence-electron chi connectivity index (χ4n) is 12.5. The number of aliphatic hydroxyl groups is 14. The fraction of sp³-hybridized carbons (Fsp3) is 0.548. The number of aromatic nitrogens is 4. The molecular weight excluding hydrogens is 1370 g/mol. The molecule has 41 heteroatoms. The normalized spacial score (nSPS) is 34.6. The molecule has 6 aliphatic rings. The Hall–Kier alpha value is -8.96. The van der Waals surface area contributed by atoms with E-state index in [-0.39, 0.29) is 35.7 Å². The second kappa shape index (κ2) is 34.1. The largest absolute Gasteiger partial charge is 0.462 e. The standard InChI is InChI=1S/C62H82N16O25/c1-25(27-7-3-2-4-8-27)37-53(96)70-29(17-26-9-11-28(12-10-26)99-57-49(93)46(90)50(35(24-82)102-57)103-58-48(92)45(89)43(87)34(23-81)101-58)52(95)74-38(40(84)30-18-69-61(72-30)76-60-64-13-5-14-65-60)55(98)75-39(54(97)71-31(21-79)51(94)68-19-36(83)73-37)41(85)32-20-77(62-66-15-6-16-67-62)59(63)78(32)56-47(91)44(88)42(86)33(22-80)100-56/h2-16,25,29-35,37-50,56-58,63,79-82,84-93H,17-24H2,1H3,(H,68,94)(H,70,96)(H,71,97)(H,73,83)(H,74,95)(H,75,98)(H2,64,65,69,72,76)/t25?,29-,30?,31+,32?,33-,34-,35-,37+,38+,39-,40?,41?,42-,43-,44+,45+,46-,47+,48+,49+,50-,56+,57+,58-/m1/s1. The van der Waals surface area contributed by atoms with Crippen LogP contribution in [0.1, 0.15) is 24.0 Å². The van der Waals surface area contributed by atoms with Gasteiger partial charge >= 0.3 is 0 Å². The molecule has 4 aromatic rings. The topological polar surface area (TPSA) is 622 Å². The van der Waals surface area contributed by atoms with E-state index >= 15 is 19.2 Å². The second-order valence-electron chi connectivity index (χ2n) is 25.0. The molecule has 0 bridgehead atoms. The molecule has 0 spiro atoms. The first-order valence-electron chi connectivity index (χ1n) is 32.6. The van der Waals surface area contributed by atoms with Crippen molar-refractivity contribution in [3.05, 3.63) is 103 Å². The molecule has 23 N–H and O–H groups in total. The predicted octanol–water partition coefficient (Wildman–Crippen LogP) is -11.8. The Kier molecular flexibility index (Phi) is 25.4. The van der Waals surface area contributed by atoms with Crippen molar-refractivity contribution in [1.29, 1.82) is 5.41 Å². The number of rotatable bonds is 19. The zero-order chi connectivity index (χ0) is 74.1. The average Bonchev–Trinajstić information content (AvgIpc) is 1.64. The number of ether oxygens (including phenoxy) is 5. The van der Waals surface area contributed by atoms with Crippen LogP contribution in [0.25, 0.3) is 0 Å². The van der Waals surface area contributed by atoms with Gasteiger partial charge < -0.3 is 137 Å². The molecule has 6 amide bonds. The Morgan fingerprint density at radius 1 is 0.583 bits per heavy atom. The van der Waals surface area contributed by atoms with E-state index in [0.717, 1.165) is 9.80 Å². The third-order valence-electron chi connectivity index (χ3n) is 18.2. The zero-order valence-corrected chi connectivity index (χ0v) is 54.6. The molecule has 5 unspecified atom stereocenters. The summed E-state index contributed by atoms with van der Waals surface area (Å²) >= 11 is 0. The molecule has 41 nitrogen and oxygen atoms in total. The van der Waals surface area contributed by atoms with Gasteiger partial charge in [-0.2, -0.15) is 0 Å². The van der Waals surface area contributed by atoms with E-state index in [1.165, 1.54) is 61.2 Å². The van der Waals surface area contributed by atoms with Gasteiger partial charge in [0.05, 0.1) is 58.1 Å². The van der Waals surface area contributed by atoms with Crippen LogP contribution < -0.4 is 52.2 Å². The molecule has 0 aliphatic carbocycles. The molecule has 5 saturated heterocycles. The molecule has 560 valence electrons. The van der Waals surface area contributed by atoms with Crippen molar-refractivity contribution in [2.24, 2.45) is 4.99 Å². The third kappa shape index (κ3) is 17.3. The molecule has 2 aromatic heterocycles. The smallest absolute Gasteiger partial charge is 0.246 e. The van der Waals surface area contributed by atoms with Gasteiger partial charge in [-0.25, -0.2) is 19.9 Å². The maximum atomic E-state index is 15.6. The van der Waals surface area contributed by atoms with E-state index in [9.17, 15) is 86.5 Å². The van der Waals surface area contributed by atoms with Crippen molar-refractivity contribution >= 4 is 59.3 Å². The van der Waals surface area contributed by atoms with Crippen molar-refractivity contribution in [3.8, 4) is 5.75 Å². The van der Waals surface area contributed by atoms with E-state index < -0.39 is 240 Å². The van der Waals surface area contributed by atoms with Gasteiger partial charge in [0, 0.05) is 37.1 Å². The van der Waals surface area contributed by atoms with Crippen LogP contribution in [0.2, 0.25) is 0 Å². The first-order chi connectivity index (χ1) is 49.3. The van der Waals surface area contributed by atoms with Crippen molar-refractivity contribution in [2.75, 3.05) is 56.3 Å². The van der Waals surface area contributed by atoms with Gasteiger partial charge in [0.1, 0.15) is 121 Å². The molecule has 103 heavy (non-hydrogen) atoms. The summed E-state index contributed by atoms with van der Waals surface area (Å²) in [5.41, 5.74) is 0.671. The summed E-state index contributed by atoms with van der Waals surface area (Å²) in [6.07, 6.45) is -27.3. The van der Waals surface area contributed by atoms with Gasteiger partial charge in [-0.05, 0) is 35.4 Å². The third-order valence-corrected chi connectivity index (χ3v) is 18.2. The van der Waals surface area contributed by atoms with Gasteiger partial charge in [0.2, 0.25) is 59.6 Å². The van der Waals surface area contributed by atoms with Crippen LogP contribution in [0.4, 0.5) is 11.9 Å². The number of aliphatic hydroxyl groups excluding tert-OH is 14. The van der Waals surface area contributed by atoms with Crippen LogP contribution in [-0.2, 0) is 54.1 Å². The lowest BCUT2D eigenvalue weighted by Gasteiger charge is -2.46. The number of hydrogen-bond acceptors (Lipinski definition) is 33. The first-order valence-corrected chi connectivity index (χ1v) is 32.6. The first kappa shape index (κ1) is 76.7. The minimum absolute atomic E-state index is 0.0265. The Labute approximate surface area is 584 Å². The molecule has 6 aliphatic heterocycles. The van der Waals surface area contributed by atoms with E-state index in [2.05, 4.69) is 67.5 Å². The second-order valence-corrected chi connectivity index (χ2v) is 25.0. The van der Waals surface area contributed by atoms with Crippen LogP contribution in [0.15, 0.2) is 96.5 Å². The molecule has 2 aromatic carbocycles. The van der Waals surface area contributed by atoms with Crippen molar-refractivity contribution in [2.45, 2.75) is 166 Å². The summed E-state index contributed by atoms with van der Waals surface area (Å²) in [6, 6.07) is 3.09. The van der Waals surface area contributed by atoms with Crippen molar-refractivity contribution in [1.82, 2.24) is 62.1 Å². The highest BCUT2D eigenvalue weighted by Crippen LogP contribution is 2.34. The average molecular weight is 1450 g/mol. The summed E-state index contributed by atoms with van der Waals surface area (Å²) in [4.78, 5) is 112. The lowest BCUT2D eigenvalue weighted by molar-refractivity contribution is -0.352. The quantitative estimate of drug-likeness (QED) is 0.0414. The molecule has 8 heterocycles. The van der Waals surface area contributed by atoms with E-state index in [4.69, 9.17) is 23.7 Å². The zero-order valence-electron chi connectivity index (χ0n) is 54.6. The van der Waals surface area contributed by atoms with E-state index in [1.54, 1.807) is 37.3 Å². The van der Waals surface area contributed by atoms with Crippen LogP contribution >= 0.6 is 0 Å². The maximum absolute atomic E-state index is 15.6. The molecule has 25 atom stereocenters. The minimum Gasteiger partial charge on any atom is -0.462 e. The minimum atomic E-state index is -2.47. The van der Waals surface area contributed by atoms with Gasteiger partial charge in [-0.1, -0.05) is 49.4 Å². The molecule has 0 radical (unpaired) electrons. The number of carbonyl (C=O) groups excluding carboxylic acids is 6. The molecule has 5 fully saturated rings. The molecular formula is C62H82N16O25. The fourth-order valence-corrected chi connectivity index (χ4v) is 12.5. The summed E-state index contributed by atoms with van der Waals surface area (Å²) < 4.78 is 28.6. The maximum Gasteiger partial charge on any atom is 0.246 e. The van der Waals surface area contributed by atoms with Gasteiger partial charge in [0.15, 0.2) is 18.5 Å². The Morgan fingerprint density at radius 2 is 1.16 bits per heavy atom. The van der Waals surface area contributed by atoms with Crippen LogP contribution in [0, 0.1) is 5.41 Å². The number of benzene rings is 2.